The Kier molecular flexibility index (Phi) is 2.61. The van der Waals surface area contributed by atoms with Crippen LogP contribution in [0.3, 0.4) is 0 Å². The van der Waals surface area contributed by atoms with Crippen molar-refractivity contribution in [3.05, 3.63) is 33.9 Å². The van der Waals surface area contributed by atoms with E-state index in [1.165, 1.54) is 0 Å². The van der Waals surface area contributed by atoms with E-state index in [1.807, 2.05) is 18.2 Å². The number of methoxy groups -OCH3 is 1. The van der Waals surface area contributed by atoms with Gasteiger partial charge < -0.3 is 4.74 Å². The van der Waals surface area contributed by atoms with Crippen LogP contribution >= 0.6 is 27.5 Å². The molecular formula is C10H7BrClNO. The van der Waals surface area contributed by atoms with Crippen LogP contribution in [0.4, 0.5) is 0 Å². The number of ether oxygens (including phenoxy) is 1. The number of pyridine rings is 1. The van der Waals surface area contributed by atoms with Crippen molar-refractivity contribution in [3.63, 3.8) is 0 Å². The highest BCUT2D eigenvalue weighted by Crippen LogP contribution is 2.31. The van der Waals surface area contributed by atoms with Gasteiger partial charge in [-0.1, -0.05) is 17.7 Å². The zero-order valence-electron chi connectivity index (χ0n) is 7.42. The Morgan fingerprint density at radius 1 is 1.36 bits per heavy atom. The summed E-state index contributed by atoms with van der Waals surface area (Å²) in [5.74, 6) is 0.589. The third kappa shape index (κ3) is 1.57. The molecule has 0 saturated heterocycles. The molecule has 0 N–H and O–H groups in total. The summed E-state index contributed by atoms with van der Waals surface area (Å²) in [5.41, 5.74) is 0. The van der Waals surface area contributed by atoms with E-state index in [0.29, 0.717) is 10.9 Å². The molecule has 72 valence electrons. The maximum Gasteiger partial charge on any atom is 0.221 e. The number of halogens is 2. The summed E-state index contributed by atoms with van der Waals surface area (Å²) in [6.07, 6.45) is 1.72. The van der Waals surface area contributed by atoms with E-state index in [0.717, 1.165) is 15.2 Å². The van der Waals surface area contributed by atoms with E-state index in [-0.39, 0.29) is 0 Å². The first kappa shape index (κ1) is 9.74. The summed E-state index contributed by atoms with van der Waals surface area (Å²) < 4.78 is 6.08. The molecule has 2 aromatic rings. The molecule has 0 fully saturated rings. The van der Waals surface area contributed by atoms with Crippen molar-refractivity contribution in [2.45, 2.75) is 0 Å². The summed E-state index contributed by atoms with van der Waals surface area (Å²) in [6.45, 7) is 0. The van der Waals surface area contributed by atoms with Crippen LogP contribution in [0.2, 0.25) is 5.02 Å². The van der Waals surface area contributed by atoms with Crippen LogP contribution in [0, 0.1) is 0 Å². The fraction of sp³-hybridized carbons (Fsp3) is 0.100. The van der Waals surface area contributed by atoms with Crippen molar-refractivity contribution in [1.29, 1.82) is 0 Å². The predicted octanol–water partition coefficient (Wildman–Crippen LogP) is 3.66. The molecule has 0 unspecified atom stereocenters. The monoisotopic (exact) mass is 271 g/mol. The van der Waals surface area contributed by atoms with Crippen LogP contribution in [-0.4, -0.2) is 12.1 Å². The molecule has 2 nitrogen and oxygen atoms in total. The number of fused-ring (bicyclic) bond motifs is 1. The Labute approximate surface area is 95.0 Å². The summed E-state index contributed by atoms with van der Waals surface area (Å²) in [6, 6.07) is 5.62. The second-order valence-corrected chi connectivity index (χ2v) is 4.10. The van der Waals surface area contributed by atoms with E-state index in [2.05, 4.69) is 20.9 Å². The topological polar surface area (TPSA) is 22.1 Å². The lowest BCUT2D eigenvalue weighted by Gasteiger charge is -2.05. The molecule has 0 saturated carbocycles. The molecule has 0 aliphatic rings. The minimum Gasteiger partial charge on any atom is -0.481 e. The van der Waals surface area contributed by atoms with E-state index in [9.17, 15) is 0 Å². The molecule has 0 spiro atoms. The Morgan fingerprint density at radius 2 is 2.14 bits per heavy atom. The van der Waals surface area contributed by atoms with Gasteiger partial charge in [0, 0.05) is 26.5 Å². The molecule has 0 atom stereocenters. The molecular weight excluding hydrogens is 265 g/mol. The van der Waals surface area contributed by atoms with Gasteiger partial charge in [-0.25, -0.2) is 4.98 Å². The minimum absolute atomic E-state index is 0.589. The first-order valence-corrected chi connectivity index (χ1v) is 5.17. The molecule has 1 aromatic carbocycles. The lowest BCUT2D eigenvalue weighted by Crippen LogP contribution is -1.89. The molecule has 0 aliphatic heterocycles. The van der Waals surface area contributed by atoms with Gasteiger partial charge in [0.05, 0.1) is 7.11 Å². The molecule has 0 bridgehead atoms. The number of aromatic nitrogens is 1. The number of hydrogen-bond donors (Lipinski definition) is 0. The van der Waals surface area contributed by atoms with Crippen LogP contribution < -0.4 is 4.74 Å². The van der Waals surface area contributed by atoms with Gasteiger partial charge in [-0.2, -0.15) is 0 Å². The second kappa shape index (κ2) is 3.75. The summed E-state index contributed by atoms with van der Waals surface area (Å²) >= 11 is 9.32. The Hall–Kier alpha value is -0.800. The van der Waals surface area contributed by atoms with Gasteiger partial charge in [-0.3, -0.25) is 0 Å². The zero-order chi connectivity index (χ0) is 10.1. The summed E-state index contributed by atoms with van der Waals surface area (Å²) in [7, 11) is 1.59. The third-order valence-electron chi connectivity index (χ3n) is 1.96. The van der Waals surface area contributed by atoms with Gasteiger partial charge in [-0.05, 0) is 28.1 Å². The smallest absolute Gasteiger partial charge is 0.221 e. The normalized spacial score (nSPS) is 10.5. The van der Waals surface area contributed by atoms with Crippen LogP contribution in [0.1, 0.15) is 0 Å². The van der Waals surface area contributed by atoms with Crippen molar-refractivity contribution in [1.82, 2.24) is 4.98 Å². The van der Waals surface area contributed by atoms with Crippen LogP contribution in [0.5, 0.6) is 5.88 Å². The van der Waals surface area contributed by atoms with Gasteiger partial charge in [0.25, 0.3) is 0 Å². The molecule has 2 rings (SSSR count). The van der Waals surface area contributed by atoms with Crippen LogP contribution in [0.15, 0.2) is 28.9 Å². The number of rotatable bonds is 1. The van der Waals surface area contributed by atoms with E-state index in [1.54, 1.807) is 13.3 Å². The van der Waals surface area contributed by atoms with E-state index < -0.39 is 0 Å². The van der Waals surface area contributed by atoms with Crippen molar-refractivity contribution >= 4 is 38.3 Å². The molecule has 1 aromatic heterocycles. The quantitative estimate of drug-likeness (QED) is 0.790. The lowest BCUT2D eigenvalue weighted by molar-refractivity contribution is 0.403. The van der Waals surface area contributed by atoms with Gasteiger partial charge in [0.1, 0.15) is 0 Å². The van der Waals surface area contributed by atoms with Gasteiger partial charge in [-0.15, -0.1) is 0 Å². The predicted molar refractivity (Wildman–Crippen MR) is 61.0 cm³/mol. The molecule has 0 amide bonds. The first-order chi connectivity index (χ1) is 6.72. The highest BCUT2D eigenvalue weighted by Gasteiger charge is 2.06. The SMILES string of the molecule is COc1ncc(Br)c2ccc(Cl)cc12. The molecule has 1 heterocycles. The van der Waals surface area contributed by atoms with Crippen LogP contribution in [0.25, 0.3) is 10.8 Å². The minimum atomic E-state index is 0.589. The number of hydrogen-bond acceptors (Lipinski definition) is 2. The summed E-state index contributed by atoms with van der Waals surface area (Å²) in [4.78, 5) is 4.14. The second-order valence-electron chi connectivity index (χ2n) is 2.81. The third-order valence-corrected chi connectivity index (χ3v) is 2.82. The van der Waals surface area contributed by atoms with E-state index >= 15 is 0 Å². The molecule has 0 radical (unpaired) electrons. The first-order valence-electron chi connectivity index (χ1n) is 4.00. The highest BCUT2D eigenvalue weighted by atomic mass is 79.9. The standard InChI is InChI=1S/C10H7BrClNO/c1-14-10-8-4-6(12)2-3-7(8)9(11)5-13-10/h2-5H,1H3. The maximum atomic E-state index is 5.90. The van der Waals surface area contributed by atoms with Crippen molar-refractivity contribution in [2.24, 2.45) is 0 Å². The fourth-order valence-electron chi connectivity index (χ4n) is 1.32. The average molecular weight is 273 g/mol. The zero-order valence-corrected chi connectivity index (χ0v) is 9.76. The fourth-order valence-corrected chi connectivity index (χ4v) is 1.94. The average Bonchev–Trinajstić information content (AvgIpc) is 2.18. The Balaban J connectivity index is 2.85. The van der Waals surface area contributed by atoms with E-state index in [4.69, 9.17) is 16.3 Å². The van der Waals surface area contributed by atoms with Gasteiger partial charge >= 0.3 is 0 Å². The van der Waals surface area contributed by atoms with Gasteiger partial charge in [0.15, 0.2) is 0 Å². The van der Waals surface area contributed by atoms with Crippen molar-refractivity contribution in [2.75, 3.05) is 7.11 Å². The summed E-state index contributed by atoms with van der Waals surface area (Å²) in [5, 5.41) is 2.63. The van der Waals surface area contributed by atoms with Gasteiger partial charge in [0.2, 0.25) is 5.88 Å². The molecule has 0 aliphatic carbocycles. The maximum absolute atomic E-state index is 5.90. The Bertz CT molecular complexity index is 487. The number of benzene rings is 1. The largest absolute Gasteiger partial charge is 0.481 e. The number of nitrogens with zero attached hydrogens (tertiary/aromatic N) is 1. The molecule has 14 heavy (non-hydrogen) atoms. The molecule has 4 heteroatoms. The lowest BCUT2D eigenvalue weighted by atomic mass is 10.2. The van der Waals surface area contributed by atoms with Crippen LogP contribution in [-0.2, 0) is 0 Å². The van der Waals surface area contributed by atoms with Crippen molar-refractivity contribution < 1.29 is 4.74 Å². The van der Waals surface area contributed by atoms with Crippen molar-refractivity contribution in [3.8, 4) is 5.88 Å². The highest BCUT2D eigenvalue weighted by molar-refractivity contribution is 9.10. The Morgan fingerprint density at radius 3 is 2.86 bits per heavy atom.